The van der Waals surface area contributed by atoms with E-state index in [0.29, 0.717) is 5.92 Å². The van der Waals surface area contributed by atoms with E-state index in [0.717, 1.165) is 31.3 Å². The summed E-state index contributed by atoms with van der Waals surface area (Å²) in [6.07, 6.45) is 3.30. The normalized spacial score (nSPS) is 31.9. The molecule has 1 saturated carbocycles. The molecular formula is C12H22O2. The van der Waals surface area contributed by atoms with E-state index >= 15 is 0 Å². The topological polar surface area (TPSA) is 40.5 Å². The zero-order chi connectivity index (χ0) is 10.8. The van der Waals surface area contributed by atoms with E-state index in [2.05, 4.69) is 20.4 Å². The van der Waals surface area contributed by atoms with Crippen LogP contribution in [0.5, 0.6) is 0 Å². The highest BCUT2D eigenvalue weighted by atomic mass is 16.3. The van der Waals surface area contributed by atoms with E-state index < -0.39 is 0 Å². The van der Waals surface area contributed by atoms with Crippen LogP contribution in [0.2, 0.25) is 0 Å². The quantitative estimate of drug-likeness (QED) is 0.682. The summed E-state index contributed by atoms with van der Waals surface area (Å²) in [6.45, 7) is 8.68. The zero-order valence-corrected chi connectivity index (χ0v) is 9.29. The summed E-state index contributed by atoms with van der Waals surface area (Å²) in [6, 6.07) is 0. The predicted molar refractivity (Wildman–Crippen MR) is 58.0 cm³/mol. The van der Waals surface area contributed by atoms with Crippen LogP contribution < -0.4 is 0 Å². The minimum absolute atomic E-state index is 0.228. The van der Waals surface area contributed by atoms with Crippen LogP contribution in [-0.4, -0.2) is 22.9 Å². The Hall–Kier alpha value is -0.340. The Bertz CT molecular complexity index is 208. The second kappa shape index (κ2) is 4.45. The van der Waals surface area contributed by atoms with Crippen LogP contribution in [0.15, 0.2) is 12.2 Å². The SMILES string of the molecule is C=C1C(CCCO)C(C)(C)CC[C@@H]1O. The number of hydrogen-bond acceptors (Lipinski definition) is 2. The Morgan fingerprint density at radius 1 is 1.50 bits per heavy atom. The van der Waals surface area contributed by atoms with Gasteiger partial charge in [-0.2, -0.15) is 0 Å². The van der Waals surface area contributed by atoms with Gasteiger partial charge in [0, 0.05) is 6.61 Å². The average Bonchev–Trinajstić information content (AvgIpc) is 2.12. The molecule has 0 spiro atoms. The van der Waals surface area contributed by atoms with Gasteiger partial charge in [0.25, 0.3) is 0 Å². The molecule has 0 aliphatic heterocycles. The van der Waals surface area contributed by atoms with E-state index in [-0.39, 0.29) is 18.1 Å². The fourth-order valence-corrected chi connectivity index (χ4v) is 2.47. The highest BCUT2D eigenvalue weighted by molar-refractivity contribution is 5.14. The summed E-state index contributed by atoms with van der Waals surface area (Å²) in [7, 11) is 0. The van der Waals surface area contributed by atoms with E-state index in [1.165, 1.54) is 0 Å². The van der Waals surface area contributed by atoms with Gasteiger partial charge in [-0.25, -0.2) is 0 Å². The van der Waals surface area contributed by atoms with E-state index in [1.807, 2.05) is 0 Å². The van der Waals surface area contributed by atoms with Crippen molar-refractivity contribution >= 4 is 0 Å². The van der Waals surface area contributed by atoms with Crippen LogP contribution in [0, 0.1) is 11.3 Å². The molecule has 1 aliphatic rings. The van der Waals surface area contributed by atoms with Crippen LogP contribution in [-0.2, 0) is 0 Å². The summed E-state index contributed by atoms with van der Waals surface area (Å²) in [4.78, 5) is 0. The Morgan fingerprint density at radius 2 is 2.14 bits per heavy atom. The zero-order valence-electron chi connectivity index (χ0n) is 9.29. The molecule has 14 heavy (non-hydrogen) atoms. The van der Waals surface area contributed by atoms with Crippen molar-refractivity contribution in [3.63, 3.8) is 0 Å². The van der Waals surface area contributed by atoms with Crippen molar-refractivity contribution < 1.29 is 10.2 Å². The van der Waals surface area contributed by atoms with Crippen LogP contribution in [0.1, 0.15) is 39.5 Å². The van der Waals surface area contributed by atoms with Gasteiger partial charge in [-0.05, 0) is 42.6 Å². The summed E-state index contributed by atoms with van der Waals surface area (Å²) >= 11 is 0. The molecule has 2 nitrogen and oxygen atoms in total. The van der Waals surface area contributed by atoms with E-state index in [1.54, 1.807) is 0 Å². The third-order valence-electron chi connectivity index (χ3n) is 3.53. The lowest BCUT2D eigenvalue weighted by Gasteiger charge is -2.42. The van der Waals surface area contributed by atoms with Gasteiger partial charge < -0.3 is 10.2 Å². The monoisotopic (exact) mass is 198 g/mol. The molecule has 82 valence electrons. The molecule has 1 aliphatic carbocycles. The van der Waals surface area contributed by atoms with Gasteiger partial charge in [0.15, 0.2) is 0 Å². The molecule has 0 aromatic rings. The lowest BCUT2D eigenvalue weighted by Crippen LogP contribution is -2.36. The fraction of sp³-hybridized carbons (Fsp3) is 0.833. The molecule has 1 fully saturated rings. The molecule has 0 bridgehead atoms. The van der Waals surface area contributed by atoms with Crippen molar-refractivity contribution in [1.29, 1.82) is 0 Å². The number of aliphatic hydroxyl groups excluding tert-OH is 2. The second-order valence-electron chi connectivity index (χ2n) is 5.04. The van der Waals surface area contributed by atoms with Crippen molar-refractivity contribution in [1.82, 2.24) is 0 Å². The van der Waals surface area contributed by atoms with Crippen LogP contribution >= 0.6 is 0 Å². The summed E-state index contributed by atoms with van der Waals surface area (Å²) in [5, 5.41) is 18.5. The molecule has 2 heteroatoms. The molecule has 1 unspecified atom stereocenters. The molecule has 0 saturated heterocycles. The third-order valence-corrected chi connectivity index (χ3v) is 3.53. The standard InChI is InChI=1S/C12H22O2/c1-9-10(5-4-8-13)12(2,3)7-6-11(9)14/h10-11,13-14H,1,4-8H2,2-3H3/t10?,11-/m0/s1. The maximum atomic E-state index is 9.72. The highest BCUT2D eigenvalue weighted by Crippen LogP contribution is 2.45. The molecule has 2 atom stereocenters. The molecule has 0 amide bonds. The van der Waals surface area contributed by atoms with Gasteiger partial charge >= 0.3 is 0 Å². The molecule has 1 rings (SSSR count). The second-order valence-corrected chi connectivity index (χ2v) is 5.04. The Kier molecular flexibility index (Phi) is 3.73. The van der Waals surface area contributed by atoms with Crippen molar-refractivity contribution in [2.75, 3.05) is 6.61 Å². The number of hydrogen-bond donors (Lipinski definition) is 2. The molecular weight excluding hydrogens is 176 g/mol. The van der Waals surface area contributed by atoms with Gasteiger partial charge in [-0.15, -0.1) is 0 Å². The van der Waals surface area contributed by atoms with E-state index in [9.17, 15) is 5.11 Å². The van der Waals surface area contributed by atoms with Crippen molar-refractivity contribution in [2.24, 2.45) is 11.3 Å². The molecule has 2 N–H and O–H groups in total. The van der Waals surface area contributed by atoms with Crippen LogP contribution in [0.4, 0.5) is 0 Å². The lowest BCUT2D eigenvalue weighted by molar-refractivity contribution is 0.0791. The van der Waals surface area contributed by atoms with Crippen molar-refractivity contribution in [2.45, 2.75) is 45.6 Å². The highest BCUT2D eigenvalue weighted by Gasteiger charge is 2.37. The van der Waals surface area contributed by atoms with Gasteiger partial charge in [0.1, 0.15) is 0 Å². The fourth-order valence-electron chi connectivity index (χ4n) is 2.47. The van der Waals surface area contributed by atoms with Crippen LogP contribution in [0.3, 0.4) is 0 Å². The van der Waals surface area contributed by atoms with Crippen molar-refractivity contribution in [3.05, 3.63) is 12.2 Å². The number of aliphatic hydroxyl groups is 2. The Labute approximate surface area is 86.6 Å². The lowest BCUT2D eigenvalue weighted by atomic mass is 9.64. The largest absolute Gasteiger partial charge is 0.396 e. The van der Waals surface area contributed by atoms with Crippen molar-refractivity contribution in [3.8, 4) is 0 Å². The number of rotatable bonds is 3. The van der Waals surface area contributed by atoms with Gasteiger partial charge in [0.2, 0.25) is 0 Å². The Morgan fingerprint density at radius 3 is 2.71 bits per heavy atom. The molecule has 0 heterocycles. The first-order valence-corrected chi connectivity index (χ1v) is 5.46. The van der Waals surface area contributed by atoms with Gasteiger partial charge in [-0.1, -0.05) is 20.4 Å². The smallest absolute Gasteiger partial charge is 0.0750 e. The first kappa shape index (κ1) is 11.7. The first-order chi connectivity index (χ1) is 6.49. The summed E-state index contributed by atoms with van der Waals surface area (Å²) < 4.78 is 0. The van der Waals surface area contributed by atoms with E-state index in [4.69, 9.17) is 5.11 Å². The summed E-state index contributed by atoms with van der Waals surface area (Å²) in [5.74, 6) is 0.360. The average molecular weight is 198 g/mol. The predicted octanol–water partition coefficient (Wildman–Crippen LogP) is 2.11. The Balaban J connectivity index is 2.67. The maximum absolute atomic E-state index is 9.72. The first-order valence-electron chi connectivity index (χ1n) is 5.46. The maximum Gasteiger partial charge on any atom is 0.0750 e. The van der Waals surface area contributed by atoms with Gasteiger partial charge in [0.05, 0.1) is 6.10 Å². The third kappa shape index (κ3) is 2.37. The molecule has 0 radical (unpaired) electrons. The summed E-state index contributed by atoms with van der Waals surface area (Å²) in [5.41, 5.74) is 1.19. The van der Waals surface area contributed by atoms with Crippen LogP contribution in [0.25, 0.3) is 0 Å². The van der Waals surface area contributed by atoms with Gasteiger partial charge in [-0.3, -0.25) is 0 Å². The molecule has 0 aromatic heterocycles. The minimum Gasteiger partial charge on any atom is -0.396 e. The minimum atomic E-state index is -0.327. The molecule has 0 aromatic carbocycles.